The number of carbonyl (C=O) groups excluding carboxylic acids is 1. The van der Waals surface area contributed by atoms with E-state index in [0.29, 0.717) is 11.6 Å². The molecule has 18 heavy (non-hydrogen) atoms. The van der Waals surface area contributed by atoms with Gasteiger partial charge in [-0.3, -0.25) is 4.79 Å². The quantitative estimate of drug-likeness (QED) is 0.912. The van der Waals surface area contributed by atoms with E-state index in [1.165, 1.54) is 18.2 Å². The van der Waals surface area contributed by atoms with Crippen LogP contribution in [-0.2, 0) is 6.54 Å². The van der Waals surface area contributed by atoms with Crippen molar-refractivity contribution in [2.75, 3.05) is 0 Å². The summed E-state index contributed by atoms with van der Waals surface area (Å²) in [6, 6.07) is 5.91. The van der Waals surface area contributed by atoms with Gasteiger partial charge >= 0.3 is 0 Å². The summed E-state index contributed by atoms with van der Waals surface area (Å²) in [7, 11) is 0. The van der Waals surface area contributed by atoms with Crippen molar-refractivity contribution in [3.63, 3.8) is 0 Å². The molecule has 2 rings (SSSR count). The summed E-state index contributed by atoms with van der Waals surface area (Å²) in [5.41, 5.74) is 1.09. The Morgan fingerprint density at radius 3 is 2.89 bits per heavy atom. The van der Waals surface area contributed by atoms with Crippen LogP contribution in [0.4, 0.5) is 4.39 Å². The largest absolute Gasteiger partial charge is 0.347 e. The number of benzene rings is 1. The molecule has 0 aliphatic heterocycles. The van der Waals surface area contributed by atoms with Gasteiger partial charge in [0.25, 0.3) is 5.91 Å². The van der Waals surface area contributed by atoms with E-state index in [-0.39, 0.29) is 5.56 Å². The van der Waals surface area contributed by atoms with E-state index in [1.807, 2.05) is 18.4 Å². The molecule has 2 nitrogen and oxygen atoms in total. The minimum Gasteiger partial charge on any atom is -0.347 e. The summed E-state index contributed by atoms with van der Waals surface area (Å²) in [5.74, 6) is -1.03. The van der Waals surface area contributed by atoms with Gasteiger partial charge in [0.05, 0.1) is 12.1 Å². The fourth-order valence-corrected chi connectivity index (χ4v) is 2.53. The molecule has 1 aromatic heterocycles. The second kappa shape index (κ2) is 5.50. The Bertz CT molecular complexity index is 582. The normalized spacial score (nSPS) is 10.4. The zero-order valence-corrected chi connectivity index (χ0v) is 11.2. The maximum absolute atomic E-state index is 13.4. The minimum absolute atomic E-state index is 0.0308. The van der Waals surface area contributed by atoms with Gasteiger partial charge in [-0.2, -0.15) is 0 Å². The monoisotopic (exact) mass is 283 g/mol. The maximum atomic E-state index is 13.4. The number of nitrogens with one attached hydrogen (secondary N) is 1. The lowest BCUT2D eigenvalue weighted by atomic mass is 10.2. The van der Waals surface area contributed by atoms with Gasteiger partial charge in [0, 0.05) is 9.90 Å². The Balaban J connectivity index is 2.08. The predicted octanol–water partition coefficient (Wildman–Crippen LogP) is 3.78. The van der Waals surface area contributed by atoms with Crippen molar-refractivity contribution in [2.24, 2.45) is 0 Å². The zero-order chi connectivity index (χ0) is 13.1. The van der Waals surface area contributed by atoms with Crippen LogP contribution in [-0.4, -0.2) is 5.91 Å². The van der Waals surface area contributed by atoms with Crippen LogP contribution in [0.1, 0.15) is 20.8 Å². The van der Waals surface area contributed by atoms with Gasteiger partial charge in [-0.15, -0.1) is 11.3 Å². The van der Waals surface area contributed by atoms with Crippen molar-refractivity contribution >= 4 is 28.8 Å². The number of hydrogen-bond acceptors (Lipinski definition) is 2. The summed E-state index contributed by atoms with van der Waals surface area (Å²) in [4.78, 5) is 12.9. The molecule has 0 saturated carbocycles. The lowest BCUT2D eigenvalue weighted by molar-refractivity contribution is 0.0947. The highest BCUT2D eigenvalue weighted by molar-refractivity contribution is 7.10. The van der Waals surface area contributed by atoms with Crippen LogP contribution in [0.3, 0.4) is 0 Å². The molecule has 0 bridgehead atoms. The van der Waals surface area contributed by atoms with E-state index >= 15 is 0 Å². The zero-order valence-electron chi connectivity index (χ0n) is 9.67. The molecule has 1 amide bonds. The number of halogens is 2. The first-order valence-corrected chi connectivity index (χ1v) is 6.60. The minimum atomic E-state index is -0.570. The number of carbonyl (C=O) groups is 1. The highest BCUT2D eigenvalue weighted by Gasteiger charge is 2.12. The molecule has 0 aliphatic rings. The van der Waals surface area contributed by atoms with Crippen molar-refractivity contribution in [1.82, 2.24) is 5.32 Å². The van der Waals surface area contributed by atoms with Gasteiger partial charge in [0.1, 0.15) is 5.82 Å². The molecule has 0 atom stereocenters. The van der Waals surface area contributed by atoms with Crippen molar-refractivity contribution in [3.05, 3.63) is 56.5 Å². The third-order valence-electron chi connectivity index (χ3n) is 2.55. The molecule has 0 unspecified atom stereocenters. The predicted molar refractivity (Wildman–Crippen MR) is 71.6 cm³/mol. The number of thiophene rings is 1. The van der Waals surface area contributed by atoms with Gasteiger partial charge < -0.3 is 5.32 Å². The lowest BCUT2D eigenvalue weighted by Crippen LogP contribution is -2.23. The summed E-state index contributed by atoms with van der Waals surface area (Å²) >= 11 is 7.30. The summed E-state index contributed by atoms with van der Waals surface area (Å²) in [6.07, 6.45) is 0. The summed E-state index contributed by atoms with van der Waals surface area (Å²) in [5, 5.41) is 4.98. The van der Waals surface area contributed by atoms with Crippen LogP contribution in [0, 0.1) is 12.7 Å². The Labute approximate surface area is 113 Å². The third-order valence-corrected chi connectivity index (χ3v) is 3.81. The van der Waals surface area contributed by atoms with E-state index in [9.17, 15) is 9.18 Å². The average molecular weight is 284 g/mol. The molecular weight excluding hydrogens is 273 g/mol. The fraction of sp³-hybridized carbons (Fsp3) is 0.154. The number of amides is 1. The van der Waals surface area contributed by atoms with Crippen LogP contribution in [0.2, 0.25) is 5.02 Å². The molecule has 94 valence electrons. The highest BCUT2D eigenvalue weighted by atomic mass is 35.5. The Hall–Kier alpha value is -1.39. The van der Waals surface area contributed by atoms with Crippen molar-refractivity contribution in [3.8, 4) is 0 Å². The van der Waals surface area contributed by atoms with Crippen LogP contribution >= 0.6 is 22.9 Å². The Morgan fingerprint density at radius 2 is 2.22 bits per heavy atom. The number of aryl methyl sites for hydroxylation is 1. The molecular formula is C13H11ClFNOS. The Morgan fingerprint density at radius 1 is 1.44 bits per heavy atom. The third kappa shape index (κ3) is 2.89. The van der Waals surface area contributed by atoms with Crippen molar-refractivity contribution < 1.29 is 9.18 Å². The first kappa shape index (κ1) is 13.1. The molecule has 2 aromatic rings. The van der Waals surface area contributed by atoms with Crippen LogP contribution in [0.15, 0.2) is 29.6 Å². The fourth-order valence-electron chi connectivity index (χ4n) is 1.51. The van der Waals surface area contributed by atoms with Crippen LogP contribution in [0.25, 0.3) is 0 Å². The van der Waals surface area contributed by atoms with Gasteiger partial charge in [-0.1, -0.05) is 11.6 Å². The molecule has 0 aliphatic carbocycles. The topological polar surface area (TPSA) is 29.1 Å². The maximum Gasteiger partial charge on any atom is 0.254 e. The molecule has 0 fully saturated rings. The van der Waals surface area contributed by atoms with Gasteiger partial charge in [0.15, 0.2) is 0 Å². The molecule has 1 heterocycles. The molecule has 0 saturated heterocycles. The molecule has 0 radical (unpaired) electrons. The van der Waals surface area contributed by atoms with Gasteiger partial charge in [-0.25, -0.2) is 4.39 Å². The summed E-state index contributed by atoms with van der Waals surface area (Å²) in [6.45, 7) is 2.37. The lowest BCUT2D eigenvalue weighted by Gasteiger charge is -2.06. The second-order valence-corrected chi connectivity index (χ2v) is 5.27. The van der Waals surface area contributed by atoms with Gasteiger partial charge in [-0.05, 0) is 42.1 Å². The first-order valence-electron chi connectivity index (χ1n) is 5.34. The standard InChI is InChI=1S/C13H11ClFNOS/c1-8-4-5-18-12(8)7-16-13(17)10-6-9(14)2-3-11(10)15/h2-6H,7H2,1H3,(H,16,17). The second-order valence-electron chi connectivity index (χ2n) is 3.83. The average Bonchev–Trinajstić information content (AvgIpc) is 2.75. The van der Waals surface area contributed by atoms with Crippen molar-refractivity contribution in [2.45, 2.75) is 13.5 Å². The molecule has 5 heteroatoms. The highest BCUT2D eigenvalue weighted by Crippen LogP contribution is 2.17. The number of rotatable bonds is 3. The summed E-state index contributed by atoms with van der Waals surface area (Å²) < 4.78 is 13.4. The van der Waals surface area contributed by atoms with E-state index in [1.54, 1.807) is 11.3 Å². The van der Waals surface area contributed by atoms with E-state index < -0.39 is 11.7 Å². The smallest absolute Gasteiger partial charge is 0.254 e. The van der Waals surface area contributed by atoms with Crippen LogP contribution in [0.5, 0.6) is 0 Å². The van der Waals surface area contributed by atoms with Crippen LogP contribution < -0.4 is 5.32 Å². The van der Waals surface area contributed by atoms with Crippen molar-refractivity contribution in [1.29, 1.82) is 0 Å². The molecule has 0 spiro atoms. The van der Waals surface area contributed by atoms with Gasteiger partial charge in [0.2, 0.25) is 0 Å². The van der Waals surface area contributed by atoms with E-state index in [2.05, 4.69) is 5.32 Å². The SMILES string of the molecule is Cc1ccsc1CNC(=O)c1cc(Cl)ccc1F. The Kier molecular flexibility index (Phi) is 3.99. The van der Waals surface area contributed by atoms with E-state index in [4.69, 9.17) is 11.6 Å². The molecule has 1 aromatic carbocycles. The first-order chi connectivity index (χ1) is 8.58. The van der Waals surface area contributed by atoms with E-state index in [0.717, 1.165) is 10.4 Å². The molecule has 1 N–H and O–H groups in total. The number of hydrogen-bond donors (Lipinski definition) is 1.